The minimum atomic E-state index is 0.345. The lowest BCUT2D eigenvalue weighted by Gasteiger charge is -2.05. The molecule has 0 N–H and O–H groups in total. The number of hydrogen-bond acceptors (Lipinski definition) is 2. The molecule has 0 aliphatic rings. The summed E-state index contributed by atoms with van der Waals surface area (Å²) in [6, 6.07) is 7.29. The smallest absolute Gasteiger partial charge is 0.185 e. The third-order valence-corrected chi connectivity index (χ3v) is 2.21. The van der Waals surface area contributed by atoms with E-state index in [1.54, 1.807) is 23.0 Å². The van der Waals surface area contributed by atoms with E-state index in [-0.39, 0.29) is 0 Å². The summed E-state index contributed by atoms with van der Waals surface area (Å²) in [4.78, 5) is 14.5. The fourth-order valence-electron chi connectivity index (χ4n) is 1.25. The normalized spacial score (nSPS) is 10.1. The van der Waals surface area contributed by atoms with E-state index in [4.69, 9.17) is 11.6 Å². The van der Waals surface area contributed by atoms with Crippen molar-refractivity contribution in [2.24, 2.45) is 0 Å². The van der Waals surface area contributed by atoms with Crippen molar-refractivity contribution in [1.82, 2.24) is 9.55 Å². The van der Waals surface area contributed by atoms with Crippen LogP contribution >= 0.6 is 11.6 Å². The van der Waals surface area contributed by atoms with Crippen molar-refractivity contribution in [2.75, 3.05) is 0 Å². The molecule has 1 aromatic carbocycles. The Morgan fingerprint density at radius 1 is 1.36 bits per heavy atom. The molecule has 2 rings (SSSR count). The van der Waals surface area contributed by atoms with Crippen LogP contribution in [0.3, 0.4) is 0 Å². The quantitative estimate of drug-likeness (QED) is 0.707. The van der Waals surface area contributed by atoms with E-state index in [1.165, 1.54) is 0 Å². The third kappa shape index (κ3) is 1.42. The highest BCUT2D eigenvalue weighted by molar-refractivity contribution is 6.32. The van der Waals surface area contributed by atoms with E-state index >= 15 is 0 Å². The van der Waals surface area contributed by atoms with Crippen molar-refractivity contribution in [3.63, 3.8) is 0 Å². The lowest BCUT2D eigenvalue weighted by molar-refractivity contribution is 0.111. The maximum Gasteiger partial charge on any atom is 0.185 e. The molecule has 4 heteroatoms. The van der Waals surface area contributed by atoms with E-state index in [1.807, 2.05) is 18.2 Å². The Morgan fingerprint density at radius 3 is 2.86 bits per heavy atom. The van der Waals surface area contributed by atoms with E-state index in [0.717, 1.165) is 5.69 Å². The van der Waals surface area contributed by atoms with Gasteiger partial charge >= 0.3 is 0 Å². The average molecular weight is 207 g/mol. The predicted molar refractivity (Wildman–Crippen MR) is 54.0 cm³/mol. The summed E-state index contributed by atoms with van der Waals surface area (Å²) in [6.45, 7) is 0. The Bertz CT molecular complexity index is 465. The predicted octanol–water partition coefficient (Wildman–Crippen LogP) is 2.34. The number of carbonyl (C=O) groups is 1. The fourth-order valence-corrected chi connectivity index (χ4v) is 1.48. The number of rotatable bonds is 2. The van der Waals surface area contributed by atoms with Gasteiger partial charge in [0.1, 0.15) is 0 Å². The maximum absolute atomic E-state index is 10.6. The number of aromatic nitrogens is 2. The van der Waals surface area contributed by atoms with Gasteiger partial charge in [-0.1, -0.05) is 23.7 Å². The van der Waals surface area contributed by atoms with Gasteiger partial charge in [-0.3, -0.25) is 9.36 Å². The van der Waals surface area contributed by atoms with Gasteiger partial charge in [-0.05, 0) is 12.1 Å². The molecular formula is C10H7ClN2O. The maximum atomic E-state index is 10.6. The molecule has 0 bridgehead atoms. The largest absolute Gasteiger partial charge is 0.296 e. The second-order valence-corrected chi connectivity index (χ2v) is 3.13. The third-order valence-electron chi connectivity index (χ3n) is 1.89. The summed E-state index contributed by atoms with van der Waals surface area (Å²) in [5.41, 5.74) is 0.758. The molecule has 0 atom stereocenters. The number of para-hydroxylation sites is 1. The van der Waals surface area contributed by atoms with Gasteiger partial charge in [0.2, 0.25) is 0 Å². The summed E-state index contributed by atoms with van der Waals surface area (Å²) in [5.74, 6) is 0.345. The lowest BCUT2D eigenvalue weighted by Crippen LogP contribution is -1.99. The van der Waals surface area contributed by atoms with Crippen LogP contribution in [0.2, 0.25) is 5.02 Å². The first-order valence-corrected chi connectivity index (χ1v) is 4.44. The zero-order valence-corrected chi connectivity index (χ0v) is 7.98. The fraction of sp³-hybridized carbons (Fsp3) is 0. The molecule has 0 spiro atoms. The van der Waals surface area contributed by atoms with Crippen LogP contribution in [0.15, 0.2) is 36.7 Å². The number of aldehydes is 1. The molecule has 2 aromatic rings. The number of halogens is 1. The number of hydrogen-bond donors (Lipinski definition) is 0. The minimum Gasteiger partial charge on any atom is -0.296 e. The van der Waals surface area contributed by atoms with Gasteiger partial charge in [0, 0.05) is 12.4 Å². The molecule has 1 heterocycles. The summed E-state index contributed by atoms with van der Waals surface area (Å²) in [6.07, 6.45) is 3.96. The molecule has 0 aliphatic heterocycles. The van der Waals surface area contributed by atoms with Gasteiger partial charge in [0.05, 0.1) is 10.7 Å². The number of benzene rings is 1. The zero-order chi connectivity index (χ0) is 9.97. The van der Waals surface area contributed by atoms with Gasteiger partial charge in [0.15, 0.2) is 12.1 Å². The SMILES string of the molecule is O=Cc1nccn1-c1ccccc1Cl. The molecular weight excluding hydrogens is 200 g/mol. The van der Waals surface area contributed by atoms with Crippen LogP contribution in [0, 0.1) is 0 Å². The lowest BCUT2D eigenvalue weighted by atomic mass is 10.3. The van der Waals surface area contributed by atoms with Crippen molar-refractivity contribution in [3.05, 3.63) is 47.5 Å². The van der Waals surface area contributed by atoms with E-state index in [2.05, 4.69) is 4.98 Å². The highest BCUT2D eigenvalue weighted by Crippen LogP contribution is 2.20. The van der Waals surface area contributed by atoms with Crippen molar-refractivity contribution in [1.29, 1.82) is 0 Å². The van der Waals surface area contributed by atoms with E-state index in [9.17, 15) is 4.79 Å². The summed E-state index contributed by atoms with van der Waals surface area (Å²) in [7, 11) is 0. The monoisotopic (exact) mass is 206 g/mol. The zero-order valence-electron chi connectivity index (χ0n) is 7.22. The van der Waals surface area contributed by atoms with Gasteiger partial charge in [-0.25, -0.2) is 4.98 Å². The van der Waals surface area contributed by atoms with Gasteiger partial charge in [-0.2, -0.15) is 0 Å². The average Bonchev–Trinajstić information content (AvgIpc) is 2.66. The van der Waals surface area contributed by atoms with Crippen LogP contribution in [0.25, 0.3) is 5.69 Å². The Labute approximate surface area is 86.0 Å². The number of imidazole rings is 1. The first-order chi connectivity index (χ1) is 6.83. The highest BCUT2D eigenvalue weighted by atomic mass is 35.5. The van der Waals surface area contributed by atoms with Crippen molar-refractivity contribution < 1.29 is 4.79 Å². The highest BCUT2D eigenvalue weighted by Gasteiger charge is 2.05. The molecule has 0 saturated carbocycles. The van der Waals surface area contributed by atoms with Crippen LogP contribution in [-0.4, -0.2) is 15.8 Å². The summed E-state index contributed by atoms with van der Waals surface area (Å²) >= 11 is 5.98. The van der Waals surface area contributed by atoms with Gasteiger partial charge < -0.3 is 0 Å². The second kappa shape index (κ2) is 3.64. The molecule has 14 heavy (non-hydrogen) atoms. The minimum absolute atomic E-state index is 0.345. The van der Waals surface area contributed by atoms with Crippen LogP contribution in [-0.2, 0) is 0 Å². The van der Waals surface area contributed by atoms with Crippen molar-refractivity contribution in [2.45, 2.75) is 0 Å². The first kappa shape index (κ1) is 8.97. The topological polar surface area (TPSA) is 34.9 Å². The summed E-state index contributed by atoms with van der Waals surface area (Å²) in [5, 5.41) is 0.591. The van der Waals surface area contributed by atoms with Crippen LogP contribution in [0.1, 0.15) is 10.6 Å². The Morgan fingerprint density at radius 2 is 2.14 bits per heavy atom. The molecule has 3 nitrogen and oxygen atoms in total. The number of nitrogens with zero attached hydrogens (tertiary/aromatic N) is 2. The molecule has 0 radical (unpaired) electrons. The molecule has 0 saturated heterocycles. The van der Waals surface area contributed by atoms with Crippen LogP contribution in [0.4, 0.5) is 0 Å². The van der Waals surface area contributed by atoms with E-state index in [0.29, 0.717) is 17.1 Å². The Kier molecular flexibility index (Phi) is 2.33. The molecule has 0 aliphatic carbocycles. The molecule has 1 aromatic heterocycles. The van der Waals surface area contributed by atoms with Gasteiger partial charge in [0.25, 0.3) is 0 Å². The molecule has 0 amide bonds. The van der Waals surface area contributed by atoms with Gasteiger partial charge in [-0.15, -0.1) is 0 Å². The van der Waals surface area contributed by atoms with Crippen molar-refractivity contribution >= 4 is 17.9 Å². The molecule has 0 fully saturated rings. The summed E-state index contributed by atoms with van der Waals surface area (Å²) < 4.78 is 1.65. The van der Waals surface area contributed by atoms with Crippen LogP contribution in [0.5, 0.6) is 0 Å². The standard InChI is InChI=1S/C10H7ClN2O/c11-8-3-1-2-4-9(8)13-6-5-12-10(13)7-14/h1-7H. The first-order valence-electron chi connectivity index (χ1n) is 4.06. The Hall–Kier alpha value is -1.61. The number of carbonyl (C=O) groups excluding carboxylic acids is 1. The van der Waals surface area contributed by atoms with Crippen LogP contribution < -0.4 is 0 Å². The molecule has 0 unspecified atom stereocenters. The van der Waals surface area contributed by atoms with Crippen molar-refractivity contribution in [3.8, 4) is 5.69 Å². The molecule has 70 valence electrons. The van der Waals surface area contributed by atoms with E-state index < -0.39 is 0 Å². The Balaban J connectivity index is 2.60. The second-order valence-electron chi connectivity index (χ2n) is 2.72.